The molecule has 39 heavy (non-hydrogen) atoms. The lowest BCUT2D eigenvalue weighted by Crippen LogP contribution is -2.46. The molecule has 3 aromatic carbocycles. The van der Waals surface area contributed by atoms with Gasteiger partial charge < -0.3 is 19.4 Å². The van der Waals surface area contributed by atoms with Gasteiger partial charge in [-0.25, -0.2) is 14.7 Å². The highest BCUT2D eigenvalue weighted by Gasteiger charge is 2.42. The van der Waals surface area contributed by atoms with Crippen LogP contribution in [0.1, 0.15) is 23.1 Å². The lowest BCUT2D eigenvalue weighted by atomic mass is 9.98. The van der Waals surface area contributed by atoms with Gasteiger partial charge in [-0.15, -0.1) is 0 Å². The molecule has 0 radical (unpaired) electrons. The van der Waals surface area contributed by atoms with Gasteiger partial charge >= 0.3 is 0 Å². The first-order valence-corrected chi connectivity index (χ1v) is 12.8. The topological polar surface area (TPSA) is 80.2 Å². The van der Waals surface area contributed by atoms with Crippen molar-refractivity contribution in [2.24, 2.45) is 9.98 Å². The fourth-order valence-corrected chi connectivity index (χ4v) is 5.40. The molecule has 4 heterocycles. The van der Waals surface area contributed by atoms with Crippen LogP contribution in [0.15, 0.2) is 106 Å². The van der Waals surface area contributed by atoms with Crippen LogP contribution in [0.3, 0.4) is 0 Å². The predicted octanol–water partition coefficient (Wildman–Crippen LogP) is 7.23. The normalized spacial score (nSPS) is 15.6. The summed E-state index contributed by atoms with van der Waals surface area (Å²) in [7, 11) is 1.59. The number of aromatic nitrogens is 2. The summed E-state index contributed by atoms with van der Waals surface area (Å²) < 4.78 is 13.2. The highest BCUT2D eigenvalue weighted by Crippen LogP contribution is 2.48. The Bertz CT molecular complexity index is 1760. The summed E-state index contributed by atoms with van der Waals surface area (Å²) in [5.74, 6) is 3.33. The van der Waals surface area contributed by atoms with Gasteiger partial charge in [-0.05, 0) is 61.5 Å². The van der Waals surface area contributed by atoms with E-state index < -0.39 is 0 Å². The van der Waals surface area contributed by atoms with Crippen molar-refractivity contribution >= 4 is 46.2 Å². The maximum atomic E-state index is 6.45. The Kier molecular flexibility index (Phi) is 5.49. The average Bonchev–Trinajstić information content (AvgIpc) is 3.61. The third-order valence-corrected chi connectivity index (χ3v) is 7.16. The second-order valence-electron chi connectivity index (χ2n) is 9.22. The molecule has 0 amide bonds. The third kappa shape index (κ3) is 3.80. The summed E-state index contributed by atoms with van der Waals surface area (Å²) in [5.41, 5.74) is 5.26. The number of nitrogens with one attached hydrogen (secondary N) is 1. The first-order chi connectivity index (χ1) is 19.1. The molecule has 192 valence electrons. The SMILES string of the molecule is COc1ccc(NC2=Nc3ccccc3N3C2=Nc2c(c(C)nn2-c2ccccc2)C3c2ccco2)cc1Cl. The fourth-order valence-electron chi connectivity index (χ4n) is 5.14. The van der Waals surface area contributed by atoms with Crippen molar-refractivity contribution in [1.29, 1.82) is 0 Å². The Labute approximate surface area is 229 Å². The number of ether oxygens (including phenoxy) is 1. The van der Waals surface area contributed by atoms with E-state index in [1.807, 2.05) is 96.5 Å². The molecule has 9 heteroatoms. The minimum atomic E-state index is -0.312. The van der Waals surface area contributed by atoms with Gasteiger partial charge in [-0.1, -0.05) is 41.9 Å². The molecule has 2 aliphatic rings. The summed E-state index contributed by atoms with van der Waals surface area (Å²) in [5, 5.41) is 8.87. The number of aryl methyl sites for hydroxylation is 1. The Hall–Kier alpha value is -4.82. The van der Waals surface area contributed by atoms with Gasteiger partial charge in [0.05, 0.1) is 46.7 Å². The molecule has 2 aliphatic heterocycles. The van der Waals surface area contributed by atoms with E-state index in [1.165, 1.54) is 0 Å². The molecule has 1 atom stereocenters. The number of methoxy groups -OCH3 is 1. The van der Waals surface area contributed by atoms with E-state index in [1.54, 1.807) is 13.4 Å². The lowest BCUT2D eigenvalue weighted by Gasteiger charge is -2.39. The molecule has 0 spiro atoms. The first kappa shape index (κ1) is 23.3. The van der Waals surface area contributed by atoms with Crippen LogP contribution in [-0.4, -0.2) is 28.6 Å². The van der Waals surface area contributed by atoms with Crippen molar-refractivity contribution in [3.8, 4) is 11.4 Å². The molecule has 0 fully saturated rings. The largest absolute Gasteiger partial charge is 0.495 e. The van der Waals surface area contributed by atoms with Crippen molar-refractivity contribution in [2.45, 2.75) is 13.0 Å². The average molecular weight is 535 g/mol. The molecule has 1 N–H and O–H groups in total. The zero-order valence-electron chi connectivity index (χ0n) is 21.2. The van der Waals surface area contributed by atoms with Crippen LogP contribution < -0.4 is 15.0 Å². The van der Waals surface area contributed by atoms with Gasteiger partial charge in [-0.3, -0.25) is 0 Å². The summed E-state index contributed by atoms with van der Waals surface area (Å²) >= 11 is 6.45. The van der Waals surface area contributed by atoms with Crippen LogP contribution in [0.5, 0.6) is 5.75 Å². The van der Waals surface area contributed by atoms with E-state index in [4.69, 9.17) is 35.8 Å². The summed E-state index contributed by atoms with van der Waals surface area (Å²) in [6, 6.07) is 27.1. The Morgan fingerprint density at radius 1 is 0.949 bits per heavy atom. The number of amidine groups is 2. The zero-order valence-corrected chi connectivity index (χ0v) is 21.9. The molecule has 7 rings (SSSR count). The van der Waals surface area contributed by atoms with Crippen molar-refractivity contribution < 1.29 is 9.15 Å². The van der Waals surface area contributed by atoms with E-state index in [-0.39, 0.29) is 6.04 Å². The molecule has 5 aromatic rings. The smallest absolute Gasteiger partial charge is 0.179 e. The van der Waals surface area contributed by atoms with E-state index in [0.717, 1.165) is 45.6 Å². The maximum absolute atomic E-state index is 6.45. The van der Waals surface area contributed by atoms with Crippen LogP contribution in [0, 0.1) is 6.92 Å². The van der Waals surface area contributed by atoms with Crippen LogP contribution in [-0.2, 0) is 0 Å². The number of anilines is 2. The number of halogens is 1. The van der Waals surface area contributed by atoms with Gasteiger partial charge in [0.2, 0.25) is 0 Å². The van der Waals surface area contributed by atoms with Crippen LogP contribution in [0.2, 0.25) is 5.02 Å². The quantitative estimate of drug-likeness (QED) is 0.263. The van der Waals surface area contributed by atoms with Gasteiger partial charge in [0, 0.05) is 5.69 Å². The summed E-state index contributed by atoms with van der Waals surface area (Å²) in [4.78, 5) is 12.4. The number of hydrogen-bond acceptors (Lipinski definition) is 7. The number of benzene rings is 3. The van der Waals surface area contributed by atoms with Crippen LogP contribution in [0.4, 0.5) is 22.9 Å². The monoisotopic (exact) mass is 534 g/mol. The molecule has 2 aromatic heterocycles. The van der Waals surface area contributed by atoms with E-state index in [0.29, 0.717) is 22.4 Å². The highest BCUT2D eigenvalue weighted by molar-refractivity contribution is 6.51. The number of hydrogen-bond donors (Lipinski definition) is 1. The maximum Gasteiger partial charge on any atom is 0.179 e. The second-order valence-corrected chi connectivity index (χ2v) is 9.62. The minimum absolute atomic E-state index is 0.312. The fraction of sp³-hybridized carbons (Fsp3) is 0.100. The van der Waals surface area contributed by atoms with Gasteiger partial charge in [-0.2, -0.15) is 5.10 Å². The van der Waals surface area contributed by atoms with Crippen molar-refractivity contribution in [2.75, 3.05) is 17.3 Å². The Balaban J connectivity index is 1.46. The van der Waals surface area contributed by atoms with E-state index in [2.05, 4.69) is 10.2 Å². The number of fused-ring (bicyclic) bond motifs is 4. The molecule has 1 unspecified atom stereocenters. The number of aliphatic imine (C=N–C) groups is 2. The highest BCUT2D eigenvalue weighted by atomic mass is 35.5. The standard InChI is InChI=1S/C30H23ClN6O2/c1-18-26-27(25-13-8-16-39-25)36-23-12-7-6-11-22(23)33-28(32-19-14-15-24(38-2)21(31)17-19)30(36)34-29(26)37(35-18)20-9-4-3-5-10-20/h3-17,27H,1-2H3,(H,32,33). The predicted molar refractivity (Wildman–Crippen MR) is 154 cm³/mol. The summed E-state index contributed by atoms with van der Waals surface area (Å²) in [6.45, 7) is 2.01. The molecule has 0 aliphatic carbocycles. The Morgan fingerprint density at radius 2 is 1.77 bits per heavy atom. The molecular weight excluding hydrogens is 512 g/mol. The second kappa shape index (κ2) is 9.18. The molecule has 0 saturated carbocycles. The number of nitrogens with zero attached hydrogens (tertiary/aromatic N) is 5. The Morgan fingerprint density at radius 3 is 2.54 bits per heavy atom. The van der Waals surface area contributed by atoms with E-state index in [9.17, 15) is 0 Å². The number of furan rings is 1. The molecular formula is C30H23ClN6O2. The van der Waals surface area contributed by atoms with Crippen molar-refractivity contribution in [3.05, 3.63) is 113 Å². The number of para-hydroxylation sites is 3. The third-order valence-electron chi connectivity index (χ3n) is 6.87. The minimum Gasteiger partial charge on any atom is -0.495 e. The van der Waals surface area contributed by atoms with Crippen molar-refractivity contribution in [1.82, 2.24) is 9.78 Å². The van der Waals surface area contributed by atoms with Crippen molar-refractivity contribution in [3.63, 3.8) is 0 Å². The molecule has 0 bridgehead atoms. The summed E-state index contributed by atoms with van der Waals surface area (Å²) in [6.07, 6.45) is 1.69. The lowest BCUT2D eigenvalue weighted by molar-refractivity contribution is 0.415. The molecule has 8 nitrogen and oxygen atoms in total. The number of rotatable bonds is 4. The van der Waals surface area contributed by atoms with E-state index >= 15 is 0 Å². The first-order valence-electron chi connectivity index (χ1n) is 12.5. The van der Waals surface area contributed by atoms with Gasteiger partial charge in [0.25, 0.3) is 0 Å². The van der Waals surface area contributed by atoms with Gasteiger partial charge in [0.15, 0.2) is 17.5 Å². The van der Waals surface area contributed by atoms with Crippen LogP contribution >= 0.6 is 11.6 Å². The zero-order chi connectivity index (χ0) is 26.5. The van der Waals surface area contributed by atoms with Gasteiger partial charge in [0.1, 0.15) is 17.6 Å². The van der Waals surface area contributed by atoms with Crippen LogP contribution in [0.25, 0.3) is 5.69 Å². The molecule has 0 saturated heterocycles.